The average Bonchev–Trinajstić information content (AvgIpc) is 2.14. The van der Waals surface area contributed by atoms with Crippen LogP contribution in [0.25, 0.3) is 0 Å². The molecule has 1 aromatic heterocycles. The summed E-state index contributed by atoms with van der Waals surface area (Å²) >= 11 is 3.46. The summed E-state index contributed by atoms with van der Waals surface area (Å²) in [4.78, 5) is 1.28. The number of nitrogens with two attached hydrogens (primary N) is 1. The molecule has 1 nitrogen and oxygen atoms in total. The van der Waals surface area contributed by atoms with Crippen molar-refractivity contribution in [3.63, 3.8) is 0 Å². The van der Waals surface area contributed by atoms with Gasteiger partial charge in [0.1, 0.15) is 5.38 Å². The van der Waals surface area contributed by atoms with Gasteiger partial charge in [-0.2, -0.15) is 0 Å². The minimum absolute atomic E-state index is 0.157. The molecule has 2 N–H and O–H groups in total. The Morgan fingerprint density at radius 3 is 2.75 bits per heavy atom. The molecule has 0 aromatic carbocycles. The first-order chi connectivity index (χ1) is 3.84. The molecule has 0 saturated carbocycles. The molecule has 1 aromatic rings. The Hall–Kier alpha value is 0.140. The zero-order chi connectivity index (χ0) is 5.98. The zero-order valence-corrected chi connectivity index (χ0v) is 6.71. The molecule has 0 amide bonds. The van der Waals surface area contributed by atoms with Crippen LogP contribution in [0.5, 0.6) is 0 Å². The lowest BCUT2D eigenvalue weighted by Crippen LogP contribution is -1.91. The molecule has 1 atom stereocenters. The second-order valence-electron chi connectivity index (χ2n) is 1.45. The van der Waals surface area contributed by atoms with Gasteiger partial charge in [0, 0.05) is 6.07 Å². The van der Waals surface area contributed by atoms with Gasteiger partial charge in [0.25, 0.3) is 14.8 Å². The Morgan fingerprint density at radius 1 is 1.75 bits per heavy atom. The third-order valence-corrected chi connectivity index (χ3v) is 4.03. The van der Waals surface area contributed by atoms with E-state index in [1.165, 1.54) is 4.88 Å². The van der Waals surface area contributed by atoms with Crippen molar-refractivity contribution in [2.24, 2.45) is 5.73 Å². The van der Waals surface area contributed by atoms with Crippen LogP contribution in [0.3, 0.4) is 0 Å². The van der Waals surface area contributed by atoms with Crippen molar-refractivity contribution < 1.29 is 0 Å². The standard InChI is InChI=1S/C5H7BrNS/c6-8-3-1-2-5(8)4-7/h1-3H,4,7H2/q+1. The van der Waals surface area contributed by atoms with E-state index in [4.69, 9.17) is 5.73 Å². The highest BCUT2D eigenvalue weighted by molar-refractivity contribution is 9.34. The molecule has 0 saturated heterocycles. The maximum absolute atomic E-state index is 5.39. The number of halogens is 1. The zero-order valence-electron chi connectivity index (χ0n) is 4.30. The molecule has 0 spiro atoms. The van der Waals surface area contributed by atoms with Crippen LogP contribution in [-0.2, 0) is 6.54 Å². The molecular formula is C5H7BrNS+. The van der Waals surface area contributed by atoms with Crippen molar-refractivity contribution in [3.8, 4) is 0 Å². The van der Waals surface area contributed by atoms with Gasteiger partial charge in [-0.15, -0.1) is 0 Å². The van der Waals surface area contributed by atoms with Crippen molar-refractivity contribution in [3.05, 3.63) is 22.4 Å². The van der Waals surface area contributed by atoms with E-state index in [0.717, 1.165) is 0 Å². The van der Waals surface area contributed by atoms with E-state index in [1.54, 1.807) is 0 Å². The maximum Gasteiger partial charge on any atom is 0.268 e. The SMILES string of the molecule is NCc1ccc[s+]1Br. The number of hydrogen-bond acceptors (Lipinski definition) is 1. The van der Waals surface area contributed by atoms with Crippen LogP contribution in [0.1, 0.15) is 4.88 Å². The van der Waals surface area contributed by atoms with Crippen molar-refractivity contribution in [1.29, 1.82) is 0 Å². The Bertz CT molecular complexity index is 173. The predicted octanol–water partition coefficient (Wildman–Crippen LogP) is 2.05. The summed E-state index contributed by atoms with van der Waals surface area (Å²) in [7, 11) is 0.157. The summed E-state index contributed by atoms with van der Waals surface area (Å²) in [6.07, 6.45) is 0. The van der Waals surface area contributed by atoms with Crippen LogP contribution < -0.4 is 5.73 Å². The Labute approximate surface area is 58.7 Å². The minimum Gasteiger partial charge on any atom is -0.322 e. The molecule has 0 radical (unpaired) electrons. The maximum atomic E-state index is 5.39. The van der Waals surface area contributed by atoms with Crippen molar-refractivity contribution >= 4 is 23.7 Å². The van der Waals surface area contributed by atoms with Crippen molar-refractivity contribution in [2.45, 2.75) is 6.54 Å². The third kappa shape index (κ3) is 1.10. The topological polar surface area (TPSA) is 26.0 Å². The van der Waals surface area contributed by atoms with Gasteiger partial charge in [0.15, 0.2) is 4.88 Å². The fraction of sp³-hybridized carbons (Fsp3) is 0.200. The largest absolute Gasteiger partial charge is 0.322 e. The normalized spacial score (nSPS) is 12.0. The first-order valence-corrected chi connectivity index (χ1v) is 5.44. The number of hydrogen-bond donors (Lipinski definition) is 1. The summed E-state index contributed by atoms with van der Waals surface area (Å²) in [5.41, 5.74) is 5.39. The first-order valence-electron chi connectivity index (χ1n) is 2.31. The number of rotatable bonds is 1. The van der Waals surface area contributed by atoms with Gasteiger partial charge >= 0.3 is 0 Å². The van der Waals surface area contributed by atoms with E-state index in [9.17, 15) is 0 Å². The van der Waals surface area contributed by atoms with E-state index >= 15 is 0 Å². The third-order valence-electron chi connectivity index (χ3n) is 0.932. The summed E-state index contributed by atoms with van der Waals surface area (Å²) in [5.74, 6) is 0. The lowest BCUT2D eigenvalue weighted by atomic mass is 10.5. The summed E-state index contributed by atoms with van der Waals surface area (Å²) in [6, 6.07) is 4.08. The lowest BCUT2D eigenvalue weighted by Gasteiger charge is -1.76. The Morgan fingerprint density at radius 2 is 2.50 bits per heavy atom. The van der Waals surface area contributed by atoms with Crippen LogP contribution in [0.2, 0.25) is 0 Å². The van der Waals surface area contributed by atoms with Crippen molar-refractivity contribution in [1.82, 2.24) is 0 Å². The molecule has 3 heteroatoms. The van der Waals surface area contributed by atoms with Crippen LogP contribution in [0.4, 0.5) is 0 Å². The molecule has 1 unspecified atom stereocenters. The van der Waals surface area contributed by atoms with Gasteiger partial charge in [0.05, 0.1) is 15.4 Å². The summed E-state index contributed by atoms with van der Waals surface area (Å²) < 4.78 is 0. The van der Waals surface area contributed by atoms with E-state index in [2.05, 4.69) is 26.3 Å². The van der Waals surface area contributed by atoms with Gasteiger partial charge in [-0.25, -0.2) is 0 Å². The van der Waals surface area contributed by atoms with Crippen LogP contribution in [0, 0.1) is 0 Å². The Balaban J connectivity index is 2.92. The van der Waals surface area contributed by atoms with Gasteiger partial charge in [-0.1, -0.05) is 0 Å². The van der Waals surface area contributed by atoms with Gasteiger partial charge < -0.3 is 5.73 Å². The lowest BCUT2D eigenvalue weighted by molar-refractivity contribution is 1.11. The van der Waals surface area contributed by atoms with Crippen molar-refractivity contribution in [2.75, 3.05) is 0 Å². The van der Waals surface area contributed by atoms with Crippen LogP contribution in [0.15, 0.2) is 17.5 Å². The monoisotopic (exact) mass is 192 g/mol. The highest BCUT2D eigenvalue weighted by Gasteiger charge is 2.05. The molecule has 0 fully saturated rings. The van der Waals surface area contributed by atoms with E-state index < -0.39 is 0 Å². The smallest absolute Gasteiger partial charge is 0.268 e. The quantitative estimate of drug-likeness (QED) is 0.678. The number of thiophene rings is 1. The fourth-order valence-electron chi connectivity index (χ4n) is 0.516. The highest BCUT2D eigenvalue weighted by atomic mass is 79.9. The predicted molar refractivity (Wildman–Crippen MR) is 41.1 cm³/mol. The second kappa shape index (κ2) is 2.62. The van der Waals surface area contributed by atoms with Gasteiger partial charge in [-0.05, 0) is 6.07 Å². The molecule has 0 aliphatic carbocycles. The molecule has 1 heterocycles. The van der Waals surface area contributed by atoms with E-state index in [0.29, 0.717) is 6.54 Å². The molecule has 0 aliphatic heterocycles. The molecule has 44 valence electrons. The molecular weight excluding hydrogens is 186 g/mol. The van der Waals surface area contributed by atoms with Gasteiger partial charge in [0.2, 0.25) is 0 Å². The van der Waals surface area contributed by atoms with Crippen LogP contribution >= 0.6 is 23.7 Å². The fourth-order valence-corrected chi connectivity index (χ4v) is 2.37. The summed E-state index contributed by atoms with van der Waals surface area (Å²) in [6.45, 7) is 0.668. The summed E-state index contributed by atoms with van der Waals surface area (Å²) in [5, 5.41) is 2.10. The highest BCUT2D eigenvalue weighted by Crippen LogP contribution is 2.30. The minimum atomic E-state index is 0.157. The average molecular weight is 193 g/mol. The molecule has 8 heavy (non-hydrogen) atoms. The molecule has 0 aliphatic rings. The van der Waals surface area contributed by atoms with E-state index in [-0.39, 0.29) is 8.90 Å². The second-order valence-corrected chi connectivity index (χ2v) is 4.91. The molecule has 0 bridgehead atoms. The van der Waals surface area contributed by atoms with E-state index in [1.807, 2.05) is 6.07 Å². The van der Waals surface area contributed by atoms with Gasteiger partial charge in [-0.3, -0.25) is 0 Å². The van der Waals surface area contributed by atoms with Crippen LogP contribution in [-0.4, -0.2) is 0 Å². The molecule has 1 rings (SSSR count). The Kier molecular flexibility index (Phi) is 2.05. The first kappa shape index (κ1) is 6.26.